The Morgan fingerprint density at radius 1 is 0.296 bits per heavy atom. The first-order chi connectivity index (χ1) is 35.0. The number of allylic oxidation sites excluding steroid dienone is 14. The van der Waals surface area contributed by atoms with Gasteiger partial charge in [-0.25, -0.2) is 0 Å². The largest absolute Gasteiger partial charge is 0.462 e. The van der Waals surface area contributed by atoms with Gasteiger partial charge < -0.3 is 14.2 Å². The van der Waals surface area contributed by atoms with E-state index in [1.54, 1.807) is 0 Å². The predicted octanol–water partition coefficient (Wildman–Crippen LogP) is 20.3. The fourth-order valence-corrected chi connectivity index (χ4v) is 8.38. The van der Waals surface area contributed by atoms with Crippen LogP contribution in [0.3, 0.4) is 0 Å². The van der Waals surface area contributed by atoms with Crippen LogP contribution in [0.4, 0.5) is 0 Å². The van der Waals surface area contributed by atoms with Gasteiger partial charge in [0.15, 0.2) is 6.10 Å². The predicted molar refractivity (Wildman–Crippen MR) is 307 cm³/mol. The Hall–Kier alpha value is -3.41. The molecule has 1 unspecified atom stereocenters. The van der Waals surface area contributed by atoms with Crippen molar-refractivity contribution in [1.29, 1.82) is 0 Å². The summed E-state index contributed by atoms with van der Waals surface area (Å²) in [5.41, 5.74) is 0. The molecule has 0 spiro atoms. The molecule has 1 atom stereocenters. The van der Waals surface area contributed by atoms with Crippen LogP contribution in [0.5, 0.6) is 0 Å². The molecule has 6 nitrogen and oxygen atoms in total. The van der Waals surface area contributed by atoms with Crippen LogP contribution in [0.15, 0.2) is 85.1 Å². The minimum atomic E-state index is -0.787. The van der Waals surface area contributed by atoms with Crippen LogP contribution in [0, 0.1) is 0 Å². The van der Waals surface area contributed by atoms with Gasteiger partial charge in [-0.05, 0) is 96.3 Å². The molecule has 6 heteroatoms. The minimum Gasteiger partial charge on any atom is -0.462 e. The molecule has 0 aromatic heterocycles. The van der Waals surface area contributed by atoms with Crippen LogP contribution >= 0.6 is 0 Å². The lowest BCUT2D eigenvalue weighted by atomic mass is 10.0. The smallest absolute Gasteiger partial charge is 0.306 e. The Morgan fingerprint density at radius 3 is 0.859 bits per heavy atom. The third-order valence-electron chi connectivity index (χ3n) is 12.9. The highest BCUT2D eigenvalue weighted by Crippen LogP contribution is 2.16. The number of esters is 3. The molecule has 0 rings (SSSR count). The molecule has 0 heterocycles. The van der Waals surface area contributed by atoms with E-state index in [2.05, 4.69) is 106 Å². The maximum atomic E-state index is 12.8. The Labute approximate surface area is 439 Å². The molecule has 0 saturated carbocycles. The summed E-state index contributed by atoms with van der Waals surface area (Å²) in [7, 11) is 0. The van der Waals surface area contributed by atoms with Gasteiger partial charge >= 0.3 is 17.9 Å². The van der Waals surface area contributed by atoms with Crippen molar-refractivity contribution < 1.29 is 28.6 Å². The quantitative estimate of drug-likeness (QED) is 0.0261. The Morgan fingerprint density at radius 2 is 0.549 bits per heavy atom. The third kappa shape index (κ3) is 57.4. The molecule has 0 bridgehead atoms. The molecule has 0 fully saturated rings. The topological polar surface area (TPSA) is 78.9 Å². The van der Waals surface area contributed by atoms with E-state index >= 15 is 0 Å². The SMILES string of the molecule is CC/C=C\C/C=C\C/C=C\C/C=C\CCCCCCC(=O)OC(COC(=O)CCCCCCCCC)COC(=O)CCCCCCCCCCCCCCCC/C=C\C/C=C\C/C=C\CCCCCCC. The second-order valence-corrected chi connectivity index (χ2v) is 19.9. The van der Waals surface area contributed by atoms with Crippen molar-refractivity contribution in [2.75, 3.05) is 13.2 Å². The summed E-state index contributed by atoms with van der Waals surface area (Å²) in [4.78, 5) is 38.0. The van der Waals surface area contributed by atoms with Gasteiger partial charge in [-0.3, -0.25) is 14.4 Å². The van der Waals surface area contributed by atoms with E-state index in [0.29, 0.717) is 19.3 Å². The minimum absolute atomic E-state index is 0.0853. The van der Waals surface area contributed by atoms with Crippen molar-refractivity contribution >= 4 is 17.9 Å². The standard InChI is InChI=1S/C65H112O6/c1-4-7-10-13-16-18-20-22-24-26-27-28-29-30-31-32-33-34-35-36-37-39-40-42-44-46-49-52-55-58-64(67)70-61-62(60-69-63(66)57-54-51-48-15-12-9-6-3)71-65(68)59-56-53-50-47-45-43-41-38-25-23-21-19-17-14-11-8-5-2/h8,11,17,19-20,22-23,25-27,29-30,41,43,62H,4-7,9-10,12-16,18,21,24,28,31-40,42,44-61H2,1-3H3/b11-8-,19-17-,22-20-,25-23-,27-26-,30-29-,43-41-. The van der Waals surface area contributed by atoms with Gasteiger partial charge in [0, 0.05) is 19.3 Å². The fourth-order valence-electron chi connectivity index (χ4n) is 8.38. The molecule has 408 valence electrons. The Balaban J connectivity index is 4.12. The highest BCUT2D eigenvalue weighted by Gasteiger charge is 2.19. The molecule has 0 aliphatic rings. The summed E-state index contributed by atoms with van der Waals surface area (Å²) in [6.07, 6.45) is 77.5. The molecule has 0 radical (unpaired) electrons. The summed E-state index contributed by atoms with van der Waals surface area (Å²) in [5.74, 6) is -0.911. The molecule has 0 aromatic rings. The summed E-state index contributed by atoms with van der Waals surface area (Å²) in [6.45, 7) is 6.46. The van der Waals surface area contributed by atoms with Gasteiger partial charge in [-0.1, -0.05) is 260 Å². The molecular formula is C65H112O6. The zero-order chi connectivity index (χ0) is 51.4. The second-order valence-electron chi connectivity index (χ2n) is 19.9. The van der Waals surface area contributed by atoms with Crippen molar-refractivity contribution in [3.63, 3.8) is 0 Å². The van der Waals surface area contributed by atoms with Crippen molar-refractivity contribution in [2.45, 2.75) is 297 Å². The zero-order valence-electron chi connectivity index (χ0n) is 46.7. The summed E-state index contributed by atoms with van der Waals surface area (Å²) in [6, 6.07) is 0. The van der Waals surface area contributed by atoms with Gasteiger partial charge in [0.05, 0.1) is 0 Å². The van der Waals surface area contributed by atoms with Gasteiger partial charge in [-0.2, -0.15) is 0 Å². The van der Waals surface area contributed by atoms with Crippen LogP contribution in [0.25, 0.3) is 0 Å². The summed E-state index contributed by atoms with van der Waals surface area (Å²) >= 11 is 0. The molecule has 0 N–H and O–H groups in total. The van der Waals surface area contributed by atoms with Crippen LogP contribution in [0.2, 0.25) is 0 Å². The number of rotatable bonds is 54. The highest BCUT2D eigenvalue weighted by atomic mass is 16.6. The van der Waals surface area contributed by atoms with E-state index in [0.717, 1.165) is 109 Å². The molecule has 0 aromatic carbocycles. The third-order valence-corrected chi connectivity index (χ3v) is 12.9. The molecule has 0 aliphatic carbocycles. The lowest BCUT2D eigenvalue weighted by molar-refractivity contribution is -0.167. The van der Waals surface area contributed by atoms with Crippen molar-refractivity contribution in [2.24, 2.45) is 0 Å². The number of hydrogen-bond donors (Lipinski definition) is 0. The molecular weight excluding hydrogens is 877 g/mol. The van der Waals surface area contributed by atoms with Crippen molar-refractivity contribution in [1.82, 2.24) is 0 Å². The van der Waals surface area contributed by atoms with Crippen molar-refractivity contribution in [3.05, 3.63) is 85.1 Å². The number of ether oxygens (including phenoxy) is 3. The normalized spacial score (nSPS) is 12.7. The van der Waals surface area contributed by atoms with E-state index in [4.69, 9.17) is 14.2 Å². The Kier molecular flexibility index (Phi) is 56.3. The molecule has 0 aliphatic heterocycles. The van der Waals surface area contributed by atoms with Crippen LogP contribution in [-0.4, -0.2) is 37.2 Å². The van der Waals surface area contributed by atoms with Gasteiger partial charge in [0.25, 0.3) is 0 Å². The molecule has 0 saturated heterocycles. The Bertz CT molecular complexity index is 1370. The van der Waals surface area contributed by atoms with E-state index in [1.807, 2.05) is 0 Å². The monoisotopic (exact) mass is 989 g/mol. The van der Waals surface area contributed by atoms with E-state index in [-0.39, 0.29) is 31.1 Å². The maximum Gasteiger partial charge on any atom is 0.306 e. The number of hydrogen-bond acceptors (Lipinski definition) is 6. The number of unbranched alkanes of at least 4 members (excludes halogenated alkanes) is 29. The lowest BCUT2D eigenvalue weighted by Crippen LogP contribution is -2.30. The van der Waals surface area contributed by atoms with E-state index in [1.165, 1.54) is 141 Å². The van der Waals surface area contributed by atoms with Crippen LogP contribution in [-0.2, 0) is 28.6 Å². The average molecular weight is 990 g/mol. The first-order valence-electron chi connectivity index (χ1n) is 30.1. The lowest BCUT2D eigenvalue weighted by Gasteiger charge is -2.18. The molecule has 71 heavy (non-hydrogen) atoms. The van der Waals surface area contributed by atoms with Crippen LogP contribution < -0.4 is 0 Å². The highest BCUT2D eigenvalue weighted by molar-refractivity contribution is 5.71. The van der Waals surface area contributed by atoms with E-state index < -0.39 is 6.10 Å². The van der Waals surface area contributed by atoms with Gasteiger partial charge in [0.2, 0.25) is 0 Å². The average Bonchev–Trinajstić information content (AvgIpc) is 3.37. The first-order valence-corrected chi connectivity index (χ1v) is 30.1. The van der Waals surface area contributed by atoms with Crippen molar-refractivity contribution in [3.8, 4) is 0 Å². The fraction of sp³-hybridized carbons (Fsp3) is 0.738. The number of carbonyl (C=O) groups is 3. The molecule has 0 amide bonds. The number of carbonyl (C=O) groups excluding carboxylic acids is 3. The maximum absolute atomic E-state index is 12.8. The zero-order valence-corrected chi connectivity index (χ0v) is 46.7. The van der Waals surface area contributed by atoms with Gasteiger partial charge in [-0.15, -0.1) is 0 Å². The van der Waals surface area contributed by atoms with Crippen LogP contribution in [0.1, 0.15) is 290 Å². The van der Waals surface area contributed by atoms with Gasteiger partial charge in [0.1, 0.15) is 13.2 Å². The van der Waals surface area contributed by atoms with E-state index in [9.17, 15) is 14.4 Å². The summed E-state index contributed by atoms with van der Waals surface area (Å²) < 4.78 is 16.8. The second kappa shape index (κ2) is 59.2. The summed E-state index contributed by atoms with van der Waals surface area (Å²) in [5, 5.41) is 0. The first kappa shape index (κ1) is 67.6.